The maximum absolute atomic E-state index is 16.1. The Morgan fingerprint density at radius 3 is 1.46 bits per heavy atom. The zero-order valence-electron chi connectivity index (χ0n) is 36.5. The fourth-order valence-corrected chi connectivity index (χ4v) is 10.4. The van der Waals surface area contributed by atoms with E-state index in [0.717, 1.165) is 11.1 Å². The van der Waals surface area contributed by atoms with Gasteiger partial charge in [-0.25, -0.2) is 23.9 Å². The highest BCUT2D eigenvalue weighted by atomic mass is 16.5. The lowest BCUT2D eigenvalue weighted by atomic mass is 10.0. The van der Waals surface area contributed by atoms with E-state index in [4.69, 9.17) is 14.6 Å². The van der Waals surface area contributed by atoms with Gasteiger partial charge < -0.3 is 19.7 Å². The van der Waals surface area contributed by atoms with Crippen molar-refractivity contribution < 1.29 is 38.9 Å². The van der Waals surface area contributed by atoms with E-state index < -0.39 is 62.6 Å². The number of amides is 4. The summed E-state index contributed by atoms with van der Waals surface area (Å²) in [6, 6.07) is 17.3. The van der Waals surface area contributed by atoms with Crippen molar-refractivity contribution >= 4 is 35.6 Å². The highest BCUT2D eigenvalue weighted by Gasteiger charge is 2.65. The molecular formula is C49H54N6O8+2. The zero-order chi connectivity index (χ0) is 44.6. The average molecular weight is 855 g/mol. The number of quaternary nitrogens is 2. The monoisotopic (exact) mass is 854 g/mol. The number of allylic oxidation sites excluding steroid dienone is 8. The van der Waals surface area contributed by atoms with Crippen molar-refractivity contribution in [2.75, 3.05) is 13.1 Å². The lowest BCUT2D eigenvalue weighted by molar-refractivity contribution is -0.131. The van der Waals surface area contributed by atoms with Crippen LogP contribution in [0, 0.1) is 0 Å². The fraction of sp³-hybridized carbons (Fsp3) is 0.367. The molecule has 2 saturated heterocycles. The Labute approximate surface area is 366 Å². The first-order valence-electron chi connectivity index (χ1n) is 21.5. The van der Waals surface area contributed by atoms with E-state index in [1.54, 1.807) is 0 Å². The summed E-state index contributed by atoms with van der Waals surface area (Å²) < 4.78 is 13.5. The molecule has 0 spiro atoms. The molecule has 14 heteroatoms. The third-order valence-electron chi connectivity index (χ3n) is 12.6. The number of hydrogen-bond donors (Lipinski definition) is 2. The third kappa shape index (κ3) is 7.01. The smallest absolute Gasteiger partial charge is 0.408 e. The Morgan fingerprint density at radius 1 is 0.635 bits per heavy atom. The molecule has 4 amide bonds. The molecule has 4 atom stereocenters. The van der Waals surface area contributed by atoms with Gasteiger partial charge in [-0.2, -0.15) is 0 Å². The minimum absolute atomic E-state index is 0.0168. The van der Waals surface area contributed by atoms with E-state index in [0.29, 0.717) is 40.0 Å². The SMILES string of the molecule is CC(C)(C)O[C@@H]1C[C@@H](C(=O)[N+]2(c3nn(Cc4ccccc4)c([N+]4(C(=O)[C@@H]5C[C@@H](OC(C)(C)C)CN5C(=O)O)C5=CC=C4C=C5)c3Cc3ccccc3)C3=CC=C2C=C3)N(C(=O)O)C1. The minimum atomic E-state index is -1.23. The second-order valence-corrected chi connectivity index (χ2v) is 19.1. The van der Waals surface area contributed by atoms with E-state index in [-0.39, 0.29) is 44.8 Å². The quantitative estimate of drug-likeness (QED) is 0.195. The number of likely N-dealkylation sites (tertiary alicyclic amines) is 2. The van der Waals surface area contributed by atoms with Crippen LogP contribution in [0.3, 0.4) is 0 Å². The van der Waals surface area contributed by atoms with E-state index in [1.807, 2.05) is 155 Å². The van der Waals surface area contributed by atoms with Crippen molar-refractivity contribution in [2.45, 2.75) is 103 Å². The van der Waals surface area contributed by atoms with Crippen molar-refractivity contribution in [3.05, 3.63) is 149 Å². The molecule has 326 valence electrons. The number of carbonyl (C=O) groups excluding carboxylic acids is 2. The van der Waals surface area contributed by atoms with Crippen LogP contribution in [0.1, 0.15) is 71.1 Å². The molecule has 3 aromatic rings. The first-order chi connectivity index (χ1) is 29.9. The van der Waals surface area contributed by atoms with Gasteiger partial charge in [-0.05, 0) is 52.7 Å². The molecule has 14 nitrogen and oxygen atoms in total. The van der Waals surface area contributed by atoms with Crippen LogP contribution in [0.2, 0.25) is 0 Å². The fourth-order valence-electron chi connectivity index (χ4n) is 10.4. The van der Waals surface area contributed by atoms with Crippen molar-refractivity contribution in [3.8, 4) is 0 Å². The Hall–Kier alpha value is -6.19. The summed E-state index contributed by atoms with van der Waals surface area (Å²) in [4.78, 5) is 60.5. The third-order valence-corrected chi connectivity index (χ3v) is 12.6. The Balaban J connectivity index is 1.30. The zero-order valence-corrected chi connectivity index (χ0v) is 36.5. The van der Waals surface area contributed by atoms with Crippen LogP contribution in [0.4, 0.5) is 21.2 Å². The van der Waals surface area contributed by atoms with E-state index in [9.17, 15) is 19.8 Å². The van der Waals surface area contributed by atoms with Crippen LogP contribution >= 0.6 is 0 Å². The van der Waals surface area contributed by atoms with Gasteiger partial charge in [0.15, 0.2) is 34.9 Å². The number of benzene rings is 2. The minimum Gasteiger partial charge on any atom is -0.465 e. The highest BCUT2D eigenvalue weighted by Crippen LogP contribution is 2.54. The molecule has 2 aromatic carbocycles. The first-order valence-corrected chi connectivity index (χ1v) is 21.5. The van der Waals surface area contributed by atoms with Crippen LogP contribution in [0.15, 0.2) is 132 Å². The lowest BCUT2D eigenvalue weighted by Crippen LogP contribution is -2.58. The standard InChI is InChI=1S/C49H52N6O8/c1-48(2,3)62-37-26-40(51(29-37)46(58)59)44(56)54(33-17-18-34(54)20-19-33)42-39(25-31-13-9-7-10-14-31)43(53(50-42)28-32-15-11-8-12-16-32)55(35-21-22-36(55)24-23-35)45(57)41-27-38(63-49(4,5)6)30-52(41)47(60)61/h7-24,37-38,40-41H,25-30H2,1-6H3/p+2/t37-,38-,40+,41+/m1/s1. The van der Waals surface area contributed by atoms with Crippen molar-refractivity contribution in [3.63, 3.8) is 0 Å². The summed E-state index contributed by atoms with van der Waals surface area (Å²) in [5, 5.41) is 26.8. The lowest BCUT2D eigenvalue weighted by Gasteiger charge is -2.35. The molecule has 1 aromatic heterocycles. The van der Waals surface area contributed by atoms with Gasteiger partial charge in [-0.1, -0.05) is 60.7 Å². The van der Waals surface area contributed by atoms with Gasteiger partial charge in [0.05, 0.1) is 43.0 Å². The van der Waals surface area contributed by atoms with E-state index in [2.05, 4.69) is 0 Å². The summed E-state index contributed by atoms with van der Waals surface area (Å²) in [5.41, 5.74) is 3.61. The summed E-state index contributed by atoms with van der Waals surface area (Å²) in [7, 11) is 0. The molecule has 2 N–H and O–H groups in total. The Morgan fingerprint density at radius 2 is 1.05 bits per heavy atom. The van der Waals surface area contributed by atoms with Crippen LogP contribution in [0.5, 0.6) is 0 Å². The normalized spacial score (nSPS) is 23.9. The van der Waals surface area contributed by atoms with E-state index >= 15 is 9.59 Å². The van der Waals surface area contributed by atoms with Crippen LogP contribution in [0.25, 0.3) is 0 Å². The van der Waals surface area contributed by atoms with Gasteiger partial charge in [0.1, 0.15) is 5.56 Å². The number of nitrogens with zero attached hydrogens (tertiary/aromatic N) is 6. The molecule has 0 unspecified atom stereocenters. The Bertz CT molecular complexity index is 2540. The first kappa shape index (κ1) is 42.1. The average Bonchev–Trinajstić information content (AvgIpc) is 4.11. The molecule has 4 bridgehead atoms. The summed E-state index contributed by atoms with van der Waals surface area (Å²) in [6.07, 6.45) is 12.1. The summed E-state index contributed by atoms with van der Waals surface area (Å²) >= 11 is 0. The van der Waals surface area contributed by atoms with Crippen LogP contribution < -0.4 is 8.97 Å². The number of rotatable bonds is 10. The number of fused-ring (bicyclic) bond motifs is 4. The second kappa shape index (κ2) is 15.3. The molecule has 63 heavy (non-hydrogen) atoms. The van der Waals surface area contributed by atoms with Gasteiger partial charge in [-0.3, -0.25) is 9.80 Å². The Kier molecular flexibility index (Phi) is 10.2. The molecule has 2 fully saturated rings. The maximum Gasteiger partial charge on any atom is 0.408 e. The van der Waals surface area contributed by atoms with Crippen molar-refractivity contribution in [1.29, 1.82) is 0 Å². The molecular weight excluding hydrogens is 801 g/mol. The maximum atomic E-state index is 16.1. The van der Waals surface area contributed by atoms with Gasteiger partial charge in [-0.15, -0.1) is 14.1 Å². The number of carboxylic acid groups (broad SMARTS) is 2. The predicted molar refractivity (Wildman–Crippen MR) is 237 cm³/mol. The predicted octanol–water partition coefficient (Wildman–Crippen LogP) is 7.76. The van der Waals surface area contributed by atoms with Gasteiger partial charge >= 0.3 is 24.0 Å². The van der Waals surface area contributed by atoms with Crippen molar-refractivity contribution in [1.82, 2.24) is 28.5 Å². The molecule has 0 radical (unpaired) electrons. The van der Waals surface area contributed by atoms with Crippen LogP contribution in [-0.2, 0) is 32.0 Å². The molecule has 0 aliphatic carbocycles. The second-order valence-electron chi connectivity index (χ2n) is 19.1. The molecule has 0 saturated carbocycles. The molecule has 6 aliphatic rings. The largest absolute Gasteiger partial charge is 0.465 e. The topological polar surface area (TPSA) is 151 Å². The molecule has 6 aliphatic heterocycles. The number of hydrogen-bond acceptors (Lipinski definition) is 7. The van der Waals surface area contributed by atoms with Crippen LogP contribution in [-0.4, -0.2) is 102 Å². The van der Waals surface area contributed by atoms with Gasteiger partial charge in [0.25, 0.3) is 11.6 Å². The number of carbonyl (C=O) groups is 4. The number of aromatic nitrogens is 2. The molecule has 9 rings (SSSR count). The van der Waals surface area contributed by atoms with Gasteiger partial charge in [0, 0.05) is 67.9 Å². The van der Waals surface area contributed by atoms with Gasteiger partial charge in [0.2, 0.25) is 0 Å². The number of ether oxygens (including phenoxy) is 2. The summed E-state index contributed by atoms with van der Waals surface area (Å²) in [5.74, 6) is 0.0212. The molecule has 7 heterocycles. The van der Waals surface area contributed by atoms with Crippen molar-refractivity contribution in [2.24, 2.45) is 0 Å². The summed E-state index contributed by atoms with van der Waals surface area (Å²) in [6.45, 7) is 11.7. The van der Waals surface area contributed by atoms with E-state index in [1.165, 1.54) is 9.80 Å². The highest BCUT2D eigenvalue weighted by molar-refractivity contribution is 6.06.